The molecule has 1 rings (SSSR count). The van der Waals surface area contributed by atoms with Gasteiger partial charge in [-0.2, -0.15) is 0 Å². The van der Waals surface area contributed by atoms with Crippen molar-refractivity contribution in [2.45, 2.75) is 26.8 Å². The van der Waals surface area contributed by atoms with E-state index in [1.165, 1.54) is 26.0 Å². The van der Waals surface area contributed by atoms with Gasteiger partial charge in [0.1, 0.15) is 11.9 Å². The number of nitrogens with two attached hydrogens (primary N) is 1. The minimum atomic E-state index is -0.742. The van der Waals surface area contributed by atoms with Crippen LogP contribution in [0.15, 0.2) is 12.1 Å². The molecule has 0 fully saturated rings. The second-order valence-electron chi connectivity index (χ2n) is 4.29. The molecule has 0 saturated carbocycles. The summed E-state index contributed by atoms with van der Waals surface area (Å²) >= 11 is 0. The smallest absolute Gasteiger partial charge is 0.254 e. The van der Waals surface area contributed by atoms with Crippen LogP contribution in [0.1, 0.15) is 29.8 Å². The van der Waals surface area contributed by atoms with Crippen LogP contribution in [0, 0.1) is 12.7 Å². The molecule has 1 aromatic carbocycles. The van der Waals surface area contributed by atoms with Crippen LogP contribution in [0.2, 0.25) is 0 Å². The number of hydrogen-bond donors (Lipinski definition) is 3. The van der Waals surface area contributed by atoms with Crippen molar-refractivity contribution >= 4 is 17.5 Å². The van der Waals surface area contributed by atoms with E-state index in [1.54, 1.807) is 6.92 Å². The van der Waals surface area contributed by atoms with Crippen molar-refractivity contribution in [3.63, 3.8) is 0 Å². The van der Waals surface area contributed by atoms with E-state index in [9.17, 15) is 14.0 Å². The minimum absolute atomic E-state index is 0.159. The van der Waals surface area contributed by atoms with E-state index in [4.69, 9.17) is 5.73 Å². The molecular weight excluding hydrogens is 249 g/mol. The number of hydrogen-bond acceptors (Lipinski definition) is 3. The van der Waals surface area contributed by atoms with E-state index < -0.39 is 17.8 Å². The minimum Gasteiger partial charge on any atom is -0.399 e. The van der Waals surface area contributed by atoms with Gasteiger partial charge in [-0.3, -0.25) is 9.59 Å². The number of amides is 2. The SMILES string of the molecule is CCNC(=O)C(C)NC(=O)c1cc(N)cc(C)c1F. The third-order valence-corrected chi connectivity index (χ3v) is 2.61. The van der Waals surface area contributed by atoms with Gasteiger partial charge in [0.2, 0.25) is 5.91 Å². The van der Waals surface area contributed by atoms with Gasteiger partial charge in [0.15, 0.2) is 0 Å². The standard InChI is InChI=1S/C13H18FN3O2/c1-4-16-12(18)8(3)17-13(19)10-6-9(15)5-7(2)11(10)14/h5-6,8H,4,15H2,1-3H3,(H,16,18)(H,17,19). The Balaban J connectivity index is 2.87. The molecule has 0 aliphatic heterocycles. The number of anilines is 1. The molecular formula is C13H18FN3O2. The number of rotatable bonds is 4. The first-order valence-corrected chi connectivity index (χ1v) is 6.01. The van der Waals surface area contributed by atoms with Crippen LogP contribution in [-0.4, -0.2) is 24.4 Å². The predicted octanol–water partition coefficient (Wildman–Crippen LogP) is 0.971. The number of benzene rings is 1. The Morgan fingerprint density at radius 1 is 1.42 bits per heavy atom. The lowest BCUT2D eigenvalue weighted by molar-refractivity contribution is -0.122. The van der Waals surface area contributed by atoms with E-state index in [0.717, 1.165) is 0 Å². The summed E-state index contributed by atoms with van der Waals surface area (Å²) in [5, 5.41) is 5.00. The maximum atomic E-state index is 13.8. The van der Waals surface area contributed by atoms with Crippen LogP contribution in [0.5, 0.6) is 0 Å². The topological polar surface area (TPSA) is 84.2 Å². The fraction of sp³-hybridized carbons (Fsp3) is 0.385. The van der Waals surface area contributed by atoms with Crippen molar-refractivity contribution in [2.24, 2.45) is 0 Å². The molecule has 0 heterocycles. The average Bonchev–Trinajstić information content (AvgIpc) is 2.33. The average molecular weight is 267 g/mol. The predicted molar refractivity (Wildman–Crippen MR) is 71.2 cm³/mol. The van der Waals surface area contributed by atoms with Gasteiger partial charge >= 0.3 is 0 Å². The molecule has 0 aromatic heterocycles. The number of halogens is 1. The highest BCUT2D eigenvalue weighted by atomic mass is 19.1. The summed E-state index contributed by atoms with van der Waals surface area (Å²) in [5.74, 6) is -1.61. The van der Waals surface area contributed by atoms with Crippen LogP contribution in [0.25, 0.3) is 0 Å². The Labute approximate surface area is 111 Å². The van der Waals surface area contributed by atoms with Crippen LogP contribution in [-0.2, 0) is 4.79 Å². The summed E-state index contributed by atoms with van der Waals surface area (Å²) in [7, 11) is 0. The van der Waals surface area contributed by atoms with Crippen molar-refractivity contribution in [3.05, 3.63) is 29.1 Å². The fourth-order valence-electron chi connectivity index (χ4n) is 1.63. The molecule has 4 N–H and O–H groups in total. The van der Waals surface area contributed by atoms with Gasteiger partial charge in [0.05, 0.1) is 5.56 Å². The monoisotopic (exact) mass is 267 g/mol. The Hall–Kier alpha value is -2.11. The largest absolute Gasteiger partial charge is 0.399 e. The van der Waals surface area contributed by atoms with E-state index in [0.29, 0.717) is 12.2 Å². The van der Waals surface area contributed by atoms with Gasteiger partial charge in [-0.25, -0.2) is 4.39 Å². The molecule has 1 unspecified atom stereocenters. The van der Waals surface area contributed by atoms with Crippen LogP contribution in [0.4, 0.5) is 10.1 Å². The van der Waals surface area contributed by atoms with E-state index in [2.05, 4.69) is 10.6 Å². The van der Waals surface area contributed by atoms with Crippen molar-refractivity contribution in [1.82, 2.24) is 10.6 Å². The zero-order chi connectivity index (χ0) is 14.6. The number of carbonyl (C=O) groups is 2. The summed E-state index contributed by atoms with van der Waals surface area (Å²) in [6.45, 7) is 5.29. The Bertz CT molecular complexity index is 503. The van der Waals surface area contributed by atoms with Gasteiger partial charge in [0, 0.05) is 12.2 Å². The molecule has 0 aliphatic rings. The normalized spacial score (nSPS) is 11.8. The molecule has 1 atom stereocenters. The lowest BCUT2D eigenvalue weighted by atomic mass is 10.1. The van der Waals surface area contributed by atoms with Crippen LogP contribution < -0.4 is 16.4 Å². The Morgan fingerprint density at radius 2 is 2.05 bits per heavy atom. The number of nitrogen functional groups attached to an aromatic ring is 1. The molecule has 0 spiro atoms. The highest BCUT2D eigenvalue weighted by molar-refractivity contribution is 5.98. The van der Waals surface area contributed by atoms with E-state index in [1.807, 2.05) is 0 Å². The molecule has 19 heavy (non-hydrogen) atoms. The van der Waals surface area contributed by atoms with Crippen LogP contribution in [0.3, 0.4) is 0 Å². The molecule has 2 amide bonds. The molecule has 5 nitrogen and oxygen atoms in total. The lowest BCUT2D eigenvalue weighted by Gasteiger charge is -2.14. The maximum Gasteiger partial charge on any atom is 0.254 e. The Kier molecular flexibility index (Phi) is 4.86. The zero-order valence-electron chi connectivity index (χ0n) is 11.2. The van der Waals surface area contributed by atoms with Crippen LogP contribution >= 0.6 is 0 Å². The summed E-state index contributed by atoms with van der Waals surface area (Å²) < 4.78 is 13.8. The van der Waals surface area contributed by atoms with Gasteiger partial charge in [0.25, 0.3) is 5.91 Å². The summed E-state index contributed by atoms with van der Waals surface area (Å²) in [5.41, 5.74) is 6.01. The van der Waals surface area contributed by atoms with Crippen molar-refractivity contribution in [3.8, 4) is 0 Å². The van der Waals surface area contributed by atoms with Crippen molar-refractivity contribution < 1.29 is 14.0 Å². The quantitative estimate of drug-likeness (QED) is 0.711. The first-order valence-electron chi connectivity index (χ1n) is 6.01. The molecule has 1 aromatic rings. The Morgan fingerprint density at radius 3 is 2.63 bits per heavy atom. The number of nitrogens with one attached hydrogen (secondary N) is 2. The van der Waals surface area contributed by atoms with Crippen molar-refractivity contribution in [2.75, 3.05) is 12.3 Å². The van der Waals surface area contributed by atoms with Gasteiger partial charge in [-0.1, -0.05) is 0 Å². The maximum absolute atomic E-state index is 13.8. The highest BCUT2D eigenvalue weighted by Gasteiger charge is 2.19. The van der Waals surface area contributed by atoms with Gasteiger partial charge < -0.3 is 16.4 Å². The third-order valence-electron chi connectivity index (χ3n) is 2.61. The second-order valence-corrected chi connectivity index (χ2v) is 4.29. The first kappa shape index (κ1) is 14.9. The zero-order valence-corrected chi connectivity index (χ0v) is 11.2. The van der Waals surface area contributed by atoms with E-state index >= 15 is 0 Å². The summed E-state index contributed by atoms with van der Waals surface area (Å²) in [6.07, 6.45) is 0. The highest BCUT2D eigenvalue weighted by Crippen LogP contribution is 2.17. The number of aryl methyl sites for hydroxylation is 1. The van der Waals surface area contributed by atoms with Gasteiger partial charge in [-0.15, -0.1) is 0 Å². The molecule has 0 bridgehead atoms. The number of likely N-dealkylation sites (N-methyl/N-ethyl adjacent to an activating group) is 1. The molecule has 0 saturated heterocycles. The second kappa shape index (κ2) is 6.17. The molecule has 6 heteroatoms. The number of carbonyl (C=O) groups excluding carboxylic acids is 2. The van der Waals surface area contributed by atoms with E-state index in [-0.39, 0.29) is 17.0 Å². The third kappa shape index (κ3) is 3.67. The van der Waals surface area contributed by atoms with Gasteiger partial charge in [-0.05, 0) is 38.5 Å². The van der Waals surface area contributed by atoms with Crippen molar-refractivity contribution in [1.29, 1.82) is 0 Å². The first-order chi connectivity index (χ1) is 8.86. The summed E-state index contributed by atoms with van der Waals surface area (Å²) in [4.78, 5) is 23.4. The lowest BCUT2D eigenvalue weighted by Crippen LogP contribution is -2.45. The molecule has 104 valence electrons. The molecule has 0 aliphatic carbocycles. The fourth-order valence-corrected chi connectivity index (χ4v) is 1.63. The molecule has 0 radical (unpaired) electrons. The summed E-state index contributed by atoms with van der Waals surface area (Å²) in [6, 6.07) is 1.95.